The van der Waals surface area contributed by atoms with E-state index in [0.717, 1.165) is 5.56 Å². The van der Waals surface area contributed by atoms with Gasteiger partial charge in [-0.25, -0.2) is 0 Å². The Labute approximate surface area is 125 Å². The fourth-order valence-corrected chi connectivity index (χ4v) is 2.64. The maximum absolute atomic E-state index is 9.38. The van der Waals surface area contributed by atoms with Crippen molar-refractivity contribution in [3.8, 4) is 11.1 Å². The Morgan fingerprint density at radius 2 is 1.56 bits per heavy atom. The Bertz CT molecular complexity index is 596. The summed E-state index contributed by atoms with van der Waals surface area (Å²) >= 11 is 24.2. The zero-order valence-corrected chi connectivity index (χ0v) is 12.1. The Morgan fingerprint density at radius 3 is 2.22 bits per heavy atom. The van der Waals surface area contributed by atoms with E-state index in [2.05, 4.69) is 0 Å². The lowest BCUT2D eigenvalue weighted by Gasteiger charge is -2.12. The zero-order valence-electron chi connectivity index (χ0n) is 9.05. The van der Waals surface area contributed by atoms with Gasteiger partial charge in [-0.3, -0.25) is 0 Å². The summed E-state index contributed by atoms with van der Waals surface area (Å²) in [7, 11) is 0. The summed E-state index contributed by atoms with van der Waals surface area (Å²) in [6.07, 6.45) is 0. The maximum atomic E-state index is 9.38. The highest BCUT2D eigenvalue weighted by molar-refractivity contribution is 6.46. The van der Waals surface area contributed by atoms with Crippen LogP contribution < -0.4 is 0 Å². The molecule has 0 fully saturated rings. The molecule has 0 atom stereocenters. The SMILES string of the molecule is OCc1cc(Cl)ccc1-c1c(Cl)ccc(Cl)c1Cl. The Balaban J connectivity index is 2.73. The van der Waals surface area contributed by atoms with Crippen LogP contribution in [-0.2, 0) is 6.61 Å². The molecule has 0 aliphatic rings. The molecule has 0 unspecified atom stereocenters. The third-order valence-electron chi connectivity index (χ3n) is 2.55. The molecule has 2 aromatic carbocycles. The molecule has 0 bridgehead atoms. The van der Waals surface area contributed by atoms with Crippen LogP contribution >= 0.6 is 46.4 Å². The molecular formula is C13H8Cl4O. The summed E-state index contributed by atoms with van der Waals surface area (Å²) in [6, 6.07) is 8.44. The smallest absolute Gasteiger partial charge is 0.0688 e. The maximum Gasteiger partial charge on any atom is 0.0688 e. The number of rotatable bonds is 2. The summed E-state index contributed by atoms with van der Waals surface area (Å²) in [4.78, 5) is 0. The predicted octanol–water partition coefficient (Wildman–Crippen LogP) is 5.46. The van der Waals surface area contributed by atoms with E-state index in [0.29, 0.717) is 31.2 Å². The molecule has 0 aliphatic carbocycles. The molecule has 0 aliphatic heterocycles. The first-order chi connectivity index (χ1) is 8.54. The number of aliphatic hydroxyl groups is 1. The van der Waals surface area contributed by atoms with Crippen molar-refractivity contribution in [1.82, 2.24) is 0 Å². The fourth-order valence-electron chi connectivity index (χ4n) is 1.71. The number of halogens is 4. The van der Waals surface area contributed by atoms with E-state index in [1.807, 2.05) is 0 Å². The third kappa shape index (κ3) is 2.61. The van der Waals surface area contributed by atoms with Gasteiger partial charge in [0.25, 0.3) is 0 Å². The van der Waals surface area contributed by atoms with Gasteiger partial charge < -0.3 is 5.11 Å². The normalized spacial score (nSPS) is 10.7. The molecule has 0 saturated carbocycles. The summed E-state index contributed by atoms with van der Waals surface area (Å²) < 4.78 is 0. The van der Waals surface area contributed by atoms with E-state index in [9.17, 15) is 5.11 Å². The predicted molar refractivity (Wildman–Crippen MR) is 77.8 cm³/mol. The average Bonchev–Trinajstić information content (AvgIpc) is 2.36. The van der Waals surface area contributed by atoms with Gasteiger partial charge in [-0.2, -0.15) is 0 Å². The molecule has 0 spiro atoms. The van der Waals surface area contributed by atoms with E-state index in [4.69, 9.17) is 46.4 Å². The van der Waals surface area contributed by atoms with Crippen molar-refractivity contribution < 1.29 is 5.11 Å². The molecule has 1 nitrogen and oxygen atoms in total. The monoisotopic (exact) mass is 320 g/mol. The molecule has 1 N–H and O–H groups in total. The van der Waals surface area contributed by atoms with Gasteiger partial charge in [0.15, 0.2) is 0 Å². The van der Waals surface area contributed by atoms with Crippen molar-refractivity contribution in [2.75, 3.05) is 0 Å². The molecule has 0 heterocycles. The van der Waals surface area contributed by atoms with Crippen molar-refractivity contribution in [1.29, 1.82) is 0 Å². The zero-order chi connectivity index (χ0) is 13.3. The molecule has 0 amide bonds. The van der Waals surface area contributed by atoms with Gasteiger partial charge in [-0.15, -0.1) is 0 Å². The van der Waals surface area contributed by atoms with Gasteiger partial charge >= 0.3 is 0 Å². The van der Waals surface area contributed by atoms with Crippen LogP contribution in [0.5, 0.6) is 0 Å². The van der Waals surface area contributed by atoms with Gasteiger partial charge in [-0.1, -0.05) is 52.5 Å². The molecule has 0 aromatic heterocycles. The minimum atomic E-state index is -0.158. The third-order valence-corrected chi connectivity index (χ3v) is 3.91. The average molecular weight is 322 g/mol. The summed E-state index contributed by atoms with van der Waals surface area (Å²) in [5.74, 6) is 0. The molecule has 0 saturated heterocycles. The van der Waals surface area contributed by atoms with Crippen LogP contribution in [0.1, 0.15) is 5.56 Å². The highest BCUT2D eigenvalue weighted by Crippen LogP contribution is 2.40. The molecular weight excluding hydrogens is 314 g/mol. The first-order valence-corrected chi connectivity index (χ1v) is 6.59. The van der Waals surface area contributed by atoms with Crippen LogP contribution in [0.2, 0.25) is 20.1 Å². The number of hydrogen-bond acceptors (Lipinski definition) is 1. The Hall–Kier alpha value is -0.440. The molecule has 18 heavy (non-hydrogen) atoms. The van der Waals surface area contributed by atoms with Crippen LogP contribution in [0.4, 0.5) is 0 Å². The van der Waals surface area contributed by atoms with Crippen molar-refractivity contribution in [3.63, 3.8) is 0 Å². The van der Waals surface area contributed by atoms with Gasteiger partial charge in [-0.05, 0) is 35.4 Å². The number of benzene rings is 2. The topological polar surface area (TPSA) is 20.2 Å². The van der Waals surface area contributed by atoms with E-state index in [-0.39, 0.29) is 6.61 Å². The summed E-state index contributed by atoms with van der Waals surface area (Å²) in [5, 5.41) is 11.2. The molecule has 5 heteroatoms. The van der Waals surface area contributed by atoms with E-state index in [1.54, 1.807) is 30.3 Å². The summed E-state index contributed by atoms with van der Waals surface area (Å²) in [6.45, 7) is -0.158. The van der Waals surface area contributed by atoms with E-state index >= 15 is 0 Å². The Morgan fingerprint density at radius 1 is 0.889 bits per heavy atom. The van der Waals surface area contributed by atoms with Gasteiger partial charge in [0.05, 0.1) is 21.7 Å². The van der Waals surface area contributed by atoms with Gasteiger partial charge in [0.2, 0.25) is 0 Å². The highest BCUT2D eigenvalue weighted by atomic mass is 35.5. The standard InChI is InChI=1S/C13H8Cl4O/c14-8-1-2-9(7(5-8)6-18)12-10(15)3-4-11(16)13(12)17/h1-5,18H,6H2. The second-order valence-electron chi connectivity index (χ2n) is 3.68. The van der Waals surface area contributed by atoms with Crippen LogP contribution in [0, 0.1) is 0 Å². The number of hydrogen-bond donors (Lipinski definition) is 1. The lowest BCUT2D eigenvalue weighted by Crippen LogP contribution is -1.91. The first kappa shape index (κ1) is 14.0. The van der Waals surface area contributed by atoms with Crippen molar-refractivity contribution in [2.24, 2.45) is 0 Å². The van der Waals surface area contributed by atoms with Crippen molar-refractivity contribution in [2.45, 2.75) is 6.61 Å². The fraction of sp³-hybridized carbons (Fsp3) is 0.0769. The van der Waals surface area contributed by atoms with Gasteiger partial charge in [0, 0.05) is 10.6 Å². The second-order valence-corrected chi connectivity index (χ2v) is 5.31. The van der Waals surface area contributed by atoms with Crippen molar-refractivity contribution >= 4 is 46.4 Å². The quantitative estimate of drug-likeness (QED) is 0.728. The minimum Gasteiger partial charge on any atom is -0.392 e. The second kappa shape index (κ2) is 5.68. The van der Waals surface area contributed by atoms with E-state index in [1.165, 1.54) is 0 Å². The largest absolute Gasteiger partial charge is 0.392 e. The minimum absolute atomic E-state index is 0.158. The number of aliphatic hydroxyl groups excluding tert-OH is 1. The van der Waals surface area contributed by atoms with Crippen molar-refractivity contribution in [3.05, 3.63) is 56.0 Å². The highest BCUT2D eigenvalue weighted by Gasteiger charge is 2.15. The van der Waals surface area contributed by atoms with Gasteiger partial charge in [0.1, 0.15) is 0 Å². The molecule has 0 radical (unpaired) electrons. The lowest BCUT2D eigenvalue weighted by molar-refractivity contribution is 0.282. The summed E-state index contributed by atoms with van der Waals surface area (Å²) in [5.41, 5.74) is 1.97. The Kier molecular flexibility index (Phi) is 4.41. The lowest BCUT2D eigenvalue weighted by atomic mass is 10.00. The molecule has 94 valence electrons. The molecule has 2 rings (SSSR count). The molecule has 2 aromatic rings. The van der Waals surface area contributed by atoms with E-state index < -0.39 is 0 Å². The first-order valence-electron chi connectivity index (χ1n) is 5.07. The van der Waals surface area contributed by atoms with Crippen LogP contribution in [0.3, 0.4) is 0 Å². The van der Waals surface area contributed by atoms with Crippen LogP contribution in [0.25, 0.3) is 11.1 Å². The van der Waals surface area contributed by atoms with Crippen LogP contribution in [-0.4, -0.2) is 5.11 Å². The van der Waals surface area contributed by atoms with Crippen LogP contribution in [0.15, 0.2) is 30.3 Å².